The van der Waals surface area contributed by atoms with E-state index in [2.05, 4.69) is 17.1 Å². The van der Waals surface area contributed by atoms with Gasteiger partial charge in [0, 0.05) is 4.88 Å². The van der Waals surface area contributed by atoms with E-state index in [-0.39, 0.29) is 0 Å². The minimum Gasteiger partial charge on any atom is -0.461 e. The predicted octanol–water partition coefficient (Wildman–Crippen LogP) is 2.69. The highest BCUT2D eigenvalue weighted by molar-refractivity contribution is 7.15. The molecule has 0 aliphatic heterocycles. The number of carbonyl (C=O) groups excluding carboxylic acids is 1. The zero-order chi connectivity index (χ0) is 13.7. The number of nitrogens with zero attached hydrogens (tertiary/aromatic N) is 1. The van der Waals surface area contributed by atoms with E-state index in [9.17, 15) is 4.79 Å². The van der Waals surface area contributed by atoms with Gasteiger partial charge in [-0.05, 0) is 25.3 Å². The maximum atomic E-state index is 11.8. The first kappa shape index (κ1) is 13.5. The van der Waals surface area contributed by atoms with Crippen LogP contribution in [0.5, 0.6) is 0 Å². The Morgan fingerprint density at radius 2 is 2.05 bits per heavy atom. The molecule has 2 N–H and O–H groups in total. The zero-order valence-electron chi connectivity index (χ0n) is 10.8. The first-order chi connectivity index (χ1) is 9.20. The minimum absolute atomic E-state index is 0.342. The molecule has 0 spiro atoms. The fourth-order valence-corrected chi connectivity index (χ4v) is 2.62. The van der Waals surface area contributed by atoms with E-state index in [0.29, 0.717) is 17.4 Å². The molecule has 0 radical (unpaired) electrons. The van der Waals surface area contributed by atoms with Gasteiger partial charge in [-0.2, -0.15) is 0 Å². The number of carbonyl (C=O) groups is 1. The average molecular weight is 276 g/mol. The molecule has 0 bridgehead atoms. The third-order valence-electron chi connectivity index (χ3n) is 2.67. The molecule has 1 heterocycles. The van der Waals surface area contributed by atoms with Crippen LogP contribution in [0.25, 0.3) is 0 Å². The van der Waals surface area contributed by atoms with E-state index < -0.39 is 5.97 Å². The lowest BCUT2D eigenvalue weighted by Gasteiger charge is -2.02. The van der Waals surface area contributed by atoms with E-state index >= 15 is 0 Å². The summed E-state index contributed by atoms with van der Waals surface area (Å²) in [7, 11) is 0. The minimum atomic E-state index is -0.390. The second kappa shape index (κ2) is 6.33. The monoisotopic (exact) mass is 276 g/mol. The molecule has 2 rings (SSSR count). The summed E-state index contributed by atoms with van der Waals surface area (Å²) in [6.45, 7) is 2.12. The summed E-state index contributed by atoms with van der Waals surface area (Å²) >= 11 is 1.35. The van der Waals surface area contributed by atoms with Gasteiger partial charge in [0.05, 0.1) is 6.61 Å². The molecule has 0 aliphatic rings. The highest BCUT2D eigenvalue weighted by Gasteiger charge is 2.18. The molecule has 2 aromatic rings. The van der Waals surface area contributed by atoms with Crippen LogP contribution in [0.1, 0.15) is 27.9 Å². The van der Waals surface area contributed by atoms with Crippen LogP contribution in [-0.2, 0) is 17.6 Å². The first-order valence-corrected chi connectivity index (χ1v) is 6.98. The van der Waals surface area contributed by atoms with Crippen LogP contribution in [0.4, 0.5) is 5.13 Å². The molecule has 0 fully saturated rings. The second-order valence-corrected chi connectivity index (χ2v) is 5.15. The normalized spacial score (nSPS) is 10.4. The van der Waals surface area contributed by atoms with Crippen LogP contribution in [0.3, 0.4) is 0 Å². The van der Waals surface area contributed by atoms with Gasteiger partial charge in [-0.15, -0.1) is 11.3 Å². The number of hydrogen-bond acceptors (Lipinski definition) is 5. The summed E-state index contributed by atoms with van der Waals surface area (Å²) in [5.74, 6) is -0.390. The van der Waals surface area contributed by atoms with Gasteiger partial charge in [0.25, 0.3) is 0 Å². The number of benzene rings is 1. The van der Waals surface area contributed by atoms with E-state index in [0.717, 1.165) is 17.7 Å². The van der Waals surface area contributed by atoms with Crippen LogP contribution < -0.4 is 5.73 Å². The van der Waals surface area contributed by atoms with Crippen LogP contribution >= 0.6 is 11.3 Å². The van der Waals surface area contributed by atoms with Gasteiger partial charge in [0.15, 0.2) is 10.8 Å². The van der Waals surface area contributed by atoms with E-state index in [1.165, 1.54) is 16.9 Å². The molecular formula is C14H16N2O2S. The fraction of sp³-hybridized carbons (Fsp3) is 0.286. The highest BCUT2D eigenvalue weighted by atomic mass is 32.1. The molecule has 0 saturated heterocycles. The summed E-state index contributed by atoms with van der Waals surface area (Å²) in [5, 5.41) is 0.408. The molecule has 1 aromatic carbocycles. The van der Waals surface area contributed by atoms with Gasteiger partial charge >= 0.3 is 5.97 Å². The standard InChI is InChI=1S/C14H16N2O2S/c1-2-18-13(17)12-11(19-14(15)16-12)9-8-10-6-4-3-5-7-10/h3-7H,2,8-9H2,1H3,(H2,15,16). The van der Waals surface area contributed by atoms with E-state index in [1.54, 1.807) is 6.92 Å². The Kier molecular flexibility index (Phi) is 4.52. The molecule has 4 nitrogen and oxygen atoms in total. The quantitative estimate of drug-likeness (QED) is 0.853. The van der Waals surface area contributed by atoms with Crippen LogP contribution in [-0.4, -0.2) is 17.6 Å². The number of anilines is 1. The van der Waals surface area contributed by atoms with Gasteiger partial charge in [0.1, 0.15) is 0 Å². The molecule has 0 aliphatic carbocycles. The van der Waals surface area contributed by atoms with Crippen molar-refractivity contribution in [2.45, 2.75) is 19.8 Å². The van der Waals surface area contributed by atoms with E-state index in [4.69, 9.17) is 10.5 Å². The molecule has 19 heavy (non-hydrogen) atoms. The number of aromatic nitrogens is 1. The summed E-state index contributed by atoms with van der Waals surface area (Å²) < 4.78 is 4.98. The van der Waals surface area contributed by atoms with Gasteiger partial charge in [-0.1, -0.05) is 30.3 Å². The number of nitrogens with two attached hydrogens (primary N) is 1. The number of thiazole rings is 1. The van der Waals surface area contributed by atoms with Crippen molar-refractivity contribution in [3.63, 3.8) is 0 Å². The predicted molar refractivity (Wildman–Crippen MR) is 76.3 cm³/mol. The molecule has 0 atom stereocenters. The second-order valence-electron chi connectivity index (χ2n) is 4.03. The Labute approximate surface area is 116 Å². The molecule has 5 heteroatoms. The van der Waals surface area contributed by atoms with Crippen molar-refractivity contribution in [1.29, 1.82) is 0 Å². The summed E-state index contributed by atoms with van der Waals surface area (Å²) in [4.78, 5) is 16.7. The SMILES string of the molecule is CCOC(=O)c1nc(N)sc1CCc1ccccc1. The van der Waals surface area contributed by atoms with Crippen molar-refractivity contribution < 1.29 is 9.53 Å². The van der Waals surface area contributed by atoms with E-state index in [1.807, 2.05) is 18.2 Å². The first-order valence-electron chi connectivity index (χ1n) is 6.17. The lowest BCUT2D eigenvalue weighted by molar-refractivity contribution is 0.0519. The average Bonchev–Trinajstić information content (AvgIpc) is 2.79. The Morgan fingerprint density at radius 3 is 2.74 bits per heavy atom. The van der Waals surface area contributed by atoms with Crippen molar-refractivity contribution in [2.24, 2.45) is 0 Å². The Hall–Kier alpha value is -1.88. The lowest BCUT2D eigenvalue weighted by Crippen LogP contribution is -2.08. The number of ether oxygens (including phenoxy) is 1. The summed E-state index contributed by atoms with van der Waals surface area (Å²) in [5.41, 5.74) is 7.27. The molecular weight excluding hydrogens is 260 g/mol. The smallest absolute Gasteiger partial charge is 0.358 e. The number of esters is 1. The van der Waals surface area contributed by atoms with Crippen molar-refractivity contribution in [1.82, 2.24) is 4.98 Å². The Balaban J connectivity index is 2.10. The van der Waals surface area contributed by atoms with Gasteiger partial charge in [-0.3, -0.25) is 0 Å². The lowest BCUT2D eigenvalue weighted by atomic mass is 10.1. The Bertz CT molecular complexity index is 552. The van der Waals surface area contributed by atoms with Crippen LogP contribution in [0, 0.1) is 0 Å². The number of nitrogen functional groups attached to an aromatic ring is 1. The topological polar surface area (TPSA) is 65.2 Å². The van der Waals surface area contributed by atoms with Crippen molar-refractivity contribution >= 4 is 22.4 Å². The van der Waals surface area contributed by atoms with Crippen LogP contribution in [0.15, 0.2) is 30.3 Å². The molecule has 0 amide bonds. The Morgan fingerprint density at radius 1 is 1.32 bits per heavy atom. The third kappa shape index (κ3) is 3.54. The summed E-state index contributed by atoms with van der Waals surface area (Å²) in [6, 6.07) is 10.1. The van der Waals surface area contributed by atoms with Gasteiger partial charge in [-0.25, -0.2) is 9.78 Å². The van der Waals surface area contributed by atoms with Gasteiger partial charge in [0.2, 0.25) is 0 Å². The van der Waals surface area contributed by atoms with Crippen molar-refractivity contribution in [3.05, 3.63) is 46.5 Å². The molecule has 0 saturated carbocycles. The third-order valence-corrected chi connectivity index (χ3v) is 3.61. The maximum absolute atomic E-state index is 11.8. The maximum Gasteiger partial charge on any atom is 0.358 e. The number of aryl methyl sites for hydroxylation is 2. The molecule has 0 unspecified atom stereocenters. The fourth-order valence-electron chi connectivity index (χ4n) is 1.80. The zero-order valence-corrected chi connectivity index (χ0v) is 11.6. The highest BCUT2D eigenvalue weighted by Crippen LogP contribution is 2.23. The molecule has 100 valence electrons. The molecule has 1 aromatic heterocycles. The van der Waals surface area contributed by atoms with Crippen LogP contribution in [0.2, 0.25) is 0 Å². The number of rotatable bonds is 5. The summed E-state index contributed by atoms with van der Waals surface area (Å²) in [6.07, 6.45) is 1.60. The number of hydrogen-bond donors (Lipinski definition) is 1. The van der Waals surface area contributed by atoms with Crippen molar-refractivity contribution in [3.8, 4) is 0 Å². The van der Waals surface area contributed by atoms with Crippen molar-refractivity contribution in [2.75, 3.05) is 12.3 Å². The van der Waals surface area contributed by atoms with Gasteiger partial charge < -0.3 is 10.5 Å². The largest absolute Gasteiger partial charge is 0.461 e.